The third-order valence-electron chi connectivity index (χ3n) is 4.43. The summed E-state index contributed by atoms with van der Waals surface area (Å²) in [7, 11) is -3.34. The Hall–Kier alpha value is -1.24. The molecule has 1 aromatic carbocycles. The molecule has 0 radical (unpaired) electrons. The minimum Gasteiger partial charge on any atom is -0.296 e. The van der Waals surface area contributed by atoms with Crippen LogP contribution in [0.3, 0.4) is 0 Å². The number of nitrogens with zero attached hydrogens (tertiary/aromatic N) is 1. The predicted molar refractivity (Wildman–Crippen MR) is 91.1 cm³/mol. The molecule has 0 amide bonds. The maximum atomic E-state index is 12.9. The van der Waals surface area contributed by atoms with E-state index in [0.717, 1.165) is 19.5 Å². The molecular formula is C17H20FNO2S2. The summed E-state index contributed by atoms with van der Waals surface area (Å²) in [5.41, 5.74) is 1.38. The number of fused-ring (bicyclic) bond motifs is 1. The number of thiophene rings is 1. The molecule has 0 N–H and O–H groups in total. The van der Waals surface area contributed by atoms with Gasteiger partial charge in [-0.3, -0.25) is 4.90 Å². The molecule has 124 valence electrons. The largest absolute Gasteiger partial charge is 0.296 e. The highest BCUT2D eigenvalue weighted by atomic mass is 32.2. The lowest BCUT2D eigenvalue weighted by Gasteiger charge is -2.33. The van der Waals surface area contributed by atoms with Crippen LogP contribution in [0.2, 0.25) is 0 Å². The summed E-state index contributed by atoms with van der Waals surface area (Å²) >= 11 is 1.80. The van der Waals surface area contributed by atoms with Gasteiger partial charge in [-0.2, -0.15) is 0 Å². The minimum atomic E-state index is -3.34. The quantitative estimate of drug-likeness (QED) is 0.770. The summed E-state index contributed by atoms with van der Waals surface area (Å²) in [6.07, 6.45) is 1.63. The fraction of sp³-hybridized carbons (Fsp3) is 0.412. The smallest absolute Gasteiger partial charge is 0.178 e. The standard InChI is InChI=1S/C17H20FNO2S2/c1-13-16-8-11-22-17(16)7-10-19(13)9-2-12-23(20,21)15-5-3-14(18)4-6-15/h3-6,8,11,13H,2,7,9-10,12H2,1H3. The first-order chi connectivity index (χ1) is 11.0. The Labute approximate surface area is 140 Å². The topological polar surface area (TPSA) is 37.4 Å². The van der Waals surface area contributed by atoms with Gasteiger partial charge in [-0.15, -0.1) is 11.3 Å². The lowest BCUT2D eigenvalue weighted by atomic mass is 10.0. The van der Waals surface area contributed by atoms with E-state index < -0.39 is 15.7 Å². The number of hydrogen-bond acceptors (Lipinski definition) is 4. The van der Waals surface area contributed by atoms with E-state index in [1.807, 2.05) is 0 Å². The molecule has 0 aliphatic carbocycles. The van der Waals surface area contributed by atoms with Crippen molar-refractivity contribution in [2.45, 2.75) is 30.7 Å². The van der Waals surface area contributed by atoms with E-state index in [2.05, 4.69) is 23.3 Å². The summed E-state index contributed by atoms with van der Waals surface area (Å²) < 4.78 is 37.5. The highest BCUT2D eigenvalue weighted by Crippen LogP contribution is 2.32. The molecule has 23 heavy (non-hydrogen) atoms. The van der Waals surface area contributed by atoms with Crippen LogP contribution in [0, 0.1) is 5.82 Å². The van der Waals surface area contributed by atoms with Crippen molar-refractivity contribution < 1.29 is 12.8 Å². The van der Waals surface area contributed by atoms with Gasteiger partial charge in [0.1, 0.15) is 5.82 Å². The van der Waals surface area contributed by atoms with Crippen LogP contribution in [-0.4, -0.2) is 32.2 Å². The number of halogens is 1. The average Bonchev–Trinajstić information content (AvgIpc) is 2.99. The fourth-order valence-electron chi connectivity index (χ4n) is 3.08. The summed E-state index contributed by atoms with van der Waals surface area (Å²) in [6, 6.07) is 7.58. The second-order valence-corrected chi connectivity index (χ2v) is 9.00. The Balaban J connectivity index is 1.58. The zero-order valence-electron chi connectivity index (χ0n) is 13.0. The van der Waals surface area contributed by atoms with Gasteiger partial charge in [0, 0.05) is 17.5 Å². The third kappa shape index (κ3) is 3.65. The van der Waals surface area contributed by atoms with Gasteiger partial charge in [-0.05, 0) is 67.6 Å². The molecule has 3 nitrogen and oxygen atoms in total. The lowest BCUT2D eigenvalue weighted by molar-refractivity contribution is 0.201. The molecule has 0 bridgehead atoms. The van der Waals surface area contributed by atoms with Crippen LogP contribution in [0.15, 0.2) is 40.6 Å². The predicted octanol–water partition coefficient (Wildman–Crippen LogP) is 3.67. The first kappa shape index (κ1) is 16.6. The second kappa shape index (κ2) is 6.71. The molecule has 1 atom stereocenters. The lowest BCUT2D eigenvalue weighted by Crippen LogP contribution is -2.34. The molecule has 2 heterocycles. The molecule has 0 fully saturated rings. The van der Waals surface area contributed by atoms with Crippen molar-refractivity contribution >= 4 is 21.2 Å². The second-order valence-electron chi connectivity index (χ2n) is 5.89. The van der Waals surface area contributed by atoms with Crippen LogP contribution in [0.4, 0.5) is 4.39 Å². The monoisotopic (exact) mass is 353 g/mol. The maximum absolute atomic E-state index is 12.9. The minimum absolute atomic E-state index is 0.0956. The molecule has 1 aromatic heterocycles. The van der Waals surface area contributed by atoms with E-state index in [1.54, 1.807) is 11.3 Å². The van der Waals surface area contributed by atoms with Gasteiger partial charge in [-0.25, -0.2) is 12.8 Å². The highest BCUT2D eigenvalue weighted by molar-refractivity contribution is 7.91. The molecule has 1 aliphatic heterocycles. The number of benzene rings is 1. The van der Waals surface area contributed by atoms with Crippen molar-refractivity contribution in [2.24, 2.45) is 0 Å². The van der Waals surface area contributed by atoms with E-state index in [1.165, 1.54) is 34.7 Å². The molecule has 0 saturated carbocycles. The molecule has 0 saturated heterocycles. The molecule has 2 aromatic rings. The molecule has 1 aliphatic rings. The van der Waals surface area contributed by atoms with Crippen LogP contribution in [-0.2, 0) is 16.3 Å². The molecule has 1 unspecified atom stereocenters. The summed E-state index contributed by atoms with van der Waals surface area (Å²) in [6.45, 7) is 3.92. The summed E-state index contributed by atoms with van der Waals surface area (Å²) in [4.78, 5) is 3.99. The summed E-state index contributed by atoms with van der Waals surface area (Å²) in [5, 5.41) is 2.13. The van der Waals surface area contributed by atoms with Gasteiger partial charge < -0.3 is 0 Å². The van der Waals surface area contributed by atoms with Gasteiger partial charge >= 0.3 is 0 Å². The first-order valence-electron chi connectivity index (χ1n) is 7.76. The summed E-state index contributed by atoms with van der Waals surface area (Å²) in [5.74, 6) is -0.323. The number of sulfone groups is 1. The van der Waals surface area contributed by atoms with Gasteiger partial charge in [0.15, 0.2) is 9.84 Å². The Kier molecular flexibility index (Phi) is 4.85. The normalized spacial score (nSPS) is 18.8. The van der Waals surface area contributed by atoms with Gasteiger partial charge in [-0.1, -0.05) is 0 Å². The zero-order chi connectivity index (χ0) is 16.4. The number of rotatable bonds is 5. The molecule has 3 rings (SSSR count). The zero-order valence-corrected chi connectivity index (χ0v) is 14.7. The van der Waals surface area contributed by atoms with Crippen LogP contribution in [0.25, 0.3) is 0 Å². The molecule has 0 spiro atoms. The van der Waals surface area contributed by atoms with E-state index in [0.29, 0.717) is 12.5 Å². The van der Waals surface area contributed by atoms with Gasteiger partial charge in [0.2, 0.25) is 0 Å². The van der Waals surface area contributed by atoms with E-state index >= 15 is 0 Å². The van der Waals surface area contributed by atoms with Crippen molar-refractivity contribution in [1.82, 2.24) is 4.90 Å². The van der Waals surface area contributed by atoms with Gasteiger partial charge in [0.25, 0.3) is 0 Å². The van der Waals surface area contributed by atoms with Crippen molar-refractivity contribution in [3.05, 3.63) is 52.0 Å². The van der Waals surface area contributed by atoms with Crippen molar-refractivity contribution in [2.75, 3.05) is 18.8 Å². The van der Waals surface area contributed by atoms with Crippen LogP contribution < -0.4 is 0 Å². The SMILES string of the molecule is CC1c2ccsc2CCN1CCCS(=O)(=O)c1ccc(F)cc1. The van der Waals surface area contributed by atoms with Crippen molar-refractivity contribution in [3.8, 4) is 0 Å². The van der Waals surface area contributed by atoms with Crippen molar-refractivity contribution in [1.29, 1.82) is 0 Å². The fourth-order valence-corrected chi connectivity index (χ4v) is 5.34. The van der Waals surface area contributed by atoms with Crippen LogP contribution in [0.1, 0.15) is 29.8 Å². The van der Waals surface area contributed by atoms with E-state index in [-0.39, 0.29) is 10.6 Å². The number of hydrogen-bond donors (Lipinski definition) is 0. The maximum Gasteiger partial charge on any atom is 0.178 e. The Morgan fingerprint density at radius 1 is 1.26 bits per heavy atom. The third-order valence-corrected chi connectivity index (χ3v) is 7.25. The first-order valence-corrected chi connectivity index (χ1v) is 10.3. The van der Waals surface area contributed by atoms with Crippen molar-refractivity contribution in [3.63, 3.8) is 0 Å². The Morgan fingerprint density at radius 2 is 2.00 bits per heavy atom. The highest BCUT2D eigenvalue weighted by Gasteiger charge is 2.24. The average molecular weight is 353 g/mol. The van der Waals surface area contributed by atoms with E-state index in [9.17, 15) is 12.8 Å². The van der Waals surface area contributed by atoms with Crippen LogP contribution in [0.5, 0.6) is 0 Å². The Morgan fingerprint density at radius 3 is 2.74 bits per heavy atom. The van der Waals surface area contributed by atoms with E-state index in [4.69, 9.17) is 0 Å². The van der Waals surface area contributed by atoms with Crippen LogP contribution >= 0.6 is 11.3 Å². The molecular weight excluding hydrogens is 333 g/mol. The van der Waals surface area contributed by atoms with Gasteiger partial charge in [0.05, 0.1) is 10.6 Å². The Bertz CT molecular complexity index is 768. The molecule has 6 heteroatoms.